The number of carbonyl (C=O) groups is 1. The smallest absolute Gasteiger partial charge is 0.315 e. The Hall–Kier alpha value is -2.35. The molecule has 0 radical (unpaired) electrons. The summed E-state index contributed by atoms with van der Waals surface area (Å²) in [5, 5.41) is 17.4. The van der Waals surface area contributed by atoms with Crippen LogP contribution < -0.4 is 15.4 Å². The SMILES string of the molecule is CCOc1ccc(Cl)cc1CCNC(=O)N[C@@H](C)c1nnnn1C. The molecule has 8 nitrogen and oxygen atoms in total. The van der Waals surface area contributed by atoms with E-state index in [9.17, 15) is 4.79 Å². The largest absolute Gasteiger partial charge is 0.494 e. The molecule has 2 rings (SSSR count). The van der Waals surface area contributed by atoms with Crippen molar-refractivity contribution in [2.45, 2.75) is 26.3 Å². The molecule has 0 aliphatic heterocycles. The quantitative estimate of drug-likeness (QED) is 0.793. The highest BCUT2D eigenvalue weighted by molar-refractivity contribution is 6.30. The lowest BCUT2D eigenvalue weighted by atomic mass is 10.1. The Morgan fingerprint density at radius 1 is 1.46 bits per heavy atom. The van der Waals surface area contributed by atoms with Gasteiger partial charge in [-0.25, -0.2) is 9.48 Å². The summed E-state index contributed by atoms with van der Waals surface area (Å²) in [6.45, 7) is 4.77. The first-order valence-electron chi connectivity index (χ1n) is 7.69. The summed E-state index contributed by atoms with van der Waals surface area (Å²) < 4.78 is 7.08. The zero-order chi connectivity index (χ0) is 17.5. The van der Waals surface area contributed by atoms with Crippen LogP contribution in [0.5, 0.6) is 5.75 Å². The molecular weight excluding hydrogens is 332 g/mol. The summed E-state index contributed by atoms with van der Waals surface area (Å²) in [6.07, 6.45) is 0.614. The van der Waals surface area contributed by atoms with Crippen molar-refractivity contribution in [1.29, 1.82) is 0 Å². The lowest BCUT2D eigenvalue weighted by Gasteiger charge is -2.14. The molecule has 0 saturated carbocycles. The second kappa shape index (κ2) is 8.49. The Bertz CT molecular complexity index is 690. The van der Waals surface area contributed by atoms with Crippen LogP contribution >= 0.6 is 11.6 Å². The molecule has 2 aromatic rings. The van der Waals surface area contributed by atoms with Crippen LogP contribution in [0, 0.1) is 0 Å². The van der Waals surface area contributed by atoms with Gasteiger partial charge in [-0.1, -0.05) is 11.6 Å². The molecule has 24 heavy (non-hydrogen) atoms. The number of aromatic nitrogens is 4. The minimum Gasteiger partial charge on any atom is -0.494 e. The number of nitrogens with one attached hydrogen (secondary N) is 2. The molecule has 1 aromatic carbocycles. The van der Waals surface area contributed by atoms with Crippen LogP contribution in [0.1, 0.15) is 31.3 Å². The van der Waals surface area contributed by atoms with Gasteiger partial charge in [-0.05, 0) is 54.5 Å². The summed E-state index contributed by atoms with van der Waals surface area (Å²) >= 11 is 6.02. The van der Waals surface area contributed by atoms with E-state index in [0.29, 0.717) is 30.4 Å². The molecule has 130 valence electrons. The molecular formula is C15H21ClN6O2. The third-order valence-corrected chi connectivity index (χ3v) is 3.63. The Morgan fingerprint density at radius 3 is 2.92 bits per heavy atom. The average molecular weight is 353 g/mol. The van der Waals surface area contributed by atoms with E-state index in [0.717, 1.165) is 11.3 Å². The number of aryl methyl sites for hydroxylation is 1. The van der Waals surface area contributed by atoms with Crippen molar-refractivity contribution in [3.05, 3.63) is 34.6 Å². The monoisotopic (exact) mass is 352 g/mol. The topological polar surface area (TPSA) is 94.0 Å². The van der Waals surface area contributed by atoms with Gasteiger partial charge in [-0.15, -0.1) is 5.10 Å². The van der Waals surface area contributed by atoms with Gasteiger partial charge >= 0.3 is 6.03 Å². The fraction of sp³-hybridized carbons (Fsp3) is 0.467. The predicted octanol–water partition coefficient (Wildman–Crippen LogP) is 1.87. The van der Waals surface area contributed by atoms with E-state index < -0.39 is 0 Å². The zero-order valence-electron chi connectivity index (χ0n) is 13.9. The van der Waals surface area contributed by atoms with E-state index >= 15 is 0 Å². The number of carbonyl (C=O) groups excluding carboxylic acids is 1. The van der Waals surface area contributed by atoms with Gasteiger partial charge in [0.1, 0.15) is 5.75 Å². The lowest BCUT2D eigenvalue weighted by Crippen LogP contribution is -2.38. The summed E-state index contributed by atoms with van der Waals surface area (Å²) in [7, 11) is 1.72. The summed E-state index contributed by atoms with van der Waals surface area (Å²) in [5.41, 5.74) is 0.954. The van der Waals surface area contributed by atoms with Gasteiger partial charge in [0.15, 0.2) is 5.82 Å². The minimum absolute atomic E-state index is 0.287. The van der Waals surface area contributed by atoms with E-state index in [-0.39, 0.29) is 12.1 Å². The molecule has 0 fully saturated rings. The fourth-order valence-corrected chi connectivity index (χ4v) is 2.46. The predicted molar refractivity (Wildman–Crippen MR) is 90.1 cm³/mol. The first kappa shape index (κ1) is 18.0. The van der Waals surface area contributed by atoms with Crippen LogP contribution in [0.2, 0.25) is 5.02 Å². The van der Waals surface area contributed by atoms with Crippen LogP contribution in [0.25, 0.3) is 0 Å². The molecule has 0 aliphatic rings. The second-order valence-electron chi connectivity index (χ2n) is 5.22. The van der Waals surface area contributed by atoms with Crippen molar-refractivity contribution < 1.29 is 9.53 Å². The highest BCUT2D eigenvalue weighted by Crippen LogP contribution is 2.23. The number of tetrazole rings is 1. The fourth-order valence-electron chi connectivity index (χ4n) is 2.27. The molecule has 9 heteroatoms. The van der Waals surface area contributed by atoms with Crippen molar-refractivity contribution >= 4 is 17.6 Å². The Labute approximate surface area is 145 Å². The summed E-state index contributed by atoms with van der Waals surface area (Å²) in [4.78, 5) is 12.0. The van der Waals surface area contributed by atoms with Gasteiger partial charge < -0.3 is 15.4 Å². The third-order valence-electron chi connectivity index (χ3n) is 3.39. The van der Waals surface area contributed by atoms with E-state index in [1.165, 1.54) is 4.68 Å². The molecule has 1 heterocycles. The second-order valence-corrected chi connectivity index (χ2v) is 5.65. The standard InChI is InChI=1S/C15H21ClN6O2/c1-4-24-13-6-5-12(16)9-11(13)7-8-17-15(23)18-10(2)14-19-20-21-22(14)3/h5-6,9-10H,4,7-8H2,1-3H3,(H2,17,18,23)/t10-/m0/s1. The Morgan fingerprint density at radius 2 is 2.25 bits per heavy atom. The highest BCUT2D eigenvalue weighted by Gasteiger charge is 2.14. The number of amides is 2. The van der Waals surface area contributed by atoms with Crippen molar-refractivity contribution in [2.75, 3.05) is 13.2 Å². The maximum absolute atomic E-state index is 12.0. The van der Waals surface area contributed by atoms with Gasteiger partial charge in [-0.3, -0.25) is 0 Å². The molecule has 0 spiro atoms. The normalized spacial score (nSPS) is 11.8. The van der Waals surface area contributed by atoms with Gasteiger partial charge in [0.05, 0.1) is 12.6 Å². The first-order chi connectivity index (χ1) is 11.5. The molecule has 2 amide bonds. The molecule has 2 N–H and O–H groups in total. The number of benzene rings is 1. The van der Waals surface area contributed by atoms with Gasteiger partial charge in [0.25, 0.3) is 0 Å². The minimum atomic E-state index is -0.296. The van der Waals surface area contributed by atoms with E-state index in [1.807, 2.05) is 26.0 Å². The van der Waals surface area contributed by atoms with Crippen LogP contribution in [-0.4, -0.2) is 39.4 Å². The van der Waals surface area contributed by atoms with Crippen molar-refractivity contribution in [2.24, 2.45) is 7.05 Å². The maximum atomic E-state index is 12.0. The molecule has 0 unspecified atom stereocenters. The van der Waals surface area contributed by atoms with Gasteiger partial charge in [0, 0.05) is 18.6 Å². The number of ether oxygens (including phenoxy) is 1. The molecule has 1 aromatic heterocycles. The lowest BCUT2D eigenvalue weighted by molar-refractivity contribution is 0.237. The number of nitrogens with zero attached hydrogens (tertiary/aromatic N) is 4. The maximum Gasteiger partial charge on any atom is 0.315 e. The van der Waals surface area contributed by atoms with Crippen molar-refractivity contribution in [1.82, 2.24) is 30.8 Å². The van der Waals surface area contributed by atoms with Crippen molar-refractivity contribution in [3.63, 3.8) is 0 Å². The molecule has 0 aliphatic carbocycles. The number of halogens is 1. The van der Waals surface area contributed by atoms with Gasteiger partial charge in [0.2, 0.25) is 0 Å². The van der Waals surface area contributed by atoms with Crippen LogP contribution in [0.4, 0.5) is 4.79 Å². The Balaban J connectivity index is 1.84. The third kappa shape index (κ3) is 4.82. The number of urea groups is 1. The van der Waals surface area contributed by atoms with E-state index in [2.05, 4.69) is 26.2 Å². The van der Waals surface area contributed by atoms with Crippen LogP contribution in [-0.2, 0) is 13.5 Å². The zero-order valence-corrected chi connectivity index (χ0v) is 14.7. The highest BCUT2D eigenvalue weighted by atomic mass is 35.5. The van der Waals surface area contributed by atoms with E-state index in [1.54, 1.807) is 13.1 Å². The number of hydrogen-bond donors (Lipinski definition) is 2. The molecule has 1 atom stereocenters. The summed E-state index contributed by atoms with van der Waals surface area (Å²) in [5.74, 6) is 1.36. The molecule has 0 bridgehead atoms. The van der Waals surface area contributed by atoms with Crippen LogP contribution in [0.15, 0.2) is 18.2 Å². The van der Waals surface area contributed by atoms with Gasteiger partial charge in [-0.2, -0.15) is 0 Å². The molecule has 0 saturated heterocycles. The summed E-state index contributed by atoms with van der Waals surface area (Å²) in [6, 6.07) is 4.89. The first-order valence-corrected chi connectivity index (χ1v) is 8.07. The van der Waals surface area contributed by atoms with Crippen molar-refractivity contribution in [3.8, 4) is 5.75 Å². The Kier molecular flexibility index (Phi) is 6.36. The average Bonchev–Trinajstić information content (AvgIpc) is 2.96. The van der Waals surface area contributed by atoms with E-state index in [4.69, 9.17) is 16.3 Å². The number of hydrogen-bond acceptors (Lipinski definition) is 5. The number of rotatable bonds is 7. The van der Waals surface area contributed by atoms with Crippen LogP contribution in [0.3, 0.4) is 0 Å².